The highest BCUT2D eigenvalue weighted by Crippen LogP contribution is 2.35. The van der Waals surface area contributed by atoms with E-state index in [2.05, 4.69) is 10.8 Å². The molecule has 1 aliphatic heterocycles. The largest absolute Gasteiger partial charge is 0.469 e. The summed E-state index contributed by atoms with van der Waals surface area (Å²) < 4.78 is 43.5. The van der Waals surface area contributed by atoms with E-state index in [0.29, 0.717) is 19.5 Å². The molecule has 2 aromatic rings. The average molecular weight is 415 g/mol. The summed E-state index contributed by atoms with van der Waals surface area (Å²) in [5.41, 5.74) is 2.10. The molecule has 158 valence electrons. The molecule has 1 aliphatic rings. The number of carbonyl (C=O) groups is 1. The number of halogens is 3. The summed E-state index contributed by atoms with van der Waals surface area (Å²) in [6, 6.07) is 13.1. The Morgan fingerprint density at radius 2 is 1.80 bits per heavy atom. The molecule has 0 radical (unpaired) electrons. The first-order valence-electron chi connectivity index (χ1n) is 9.80. The lowest BCUT2D eigenvalue weighted by molar-refractivity contribution is -0.142. The molecule has 3 nitrogen and oxygen atoms in total. The molecule has 0 aliphatic carbocycles. The summed E-state index contributed by atoms with van der Waals surface area (Å²) >= 11 is 0. The van der Waals surface area contributed by atoms with Gasteiger partial charge < -0.3 is 4.74 Å². The molecule has 30 heavy (non-hydrogen) atoms. The minimum Gasteiger partial charge on any atom is -0.469 e. The van der Waals surface area contributed by atoms with Gasteiger partial charge in [0, 0.05) is 31.6 Å². The van der Waals surface area contributed by atoms with Crippen molar-refractivity contribution >= 4 is 5.97 Å². The van der Waals surface area contributed by atoms with Crippen molar-refractivity contribution in [3.8, 4) is 12.3 Å². The number of carbonyl (C=O) groups excluding carboxylic acids is 1. The SMILES string of the molecule is C#Cc1ccc(CN2C[C@H](CC(=O)OC)C[C@@H](c3ccc(C(F)(F)F)cc3)C2)cc1. The lowest BCUT2D eigenvalue weighted by Crippen LogP contribution is -2.40. The fraction of sp³-hybridized carbons (Fsp3) is 0.375. The molecule has 0 amide bonds. The van der Waals surface area contributed by atoms with Crippen molar-refractivity contribution in [1.29, 1.82) is 0 Å². The number of alkyl halides is 3. The van der Waals surface area contributed by atoms with Gasteiger partial charge in [-0.2, -0.15) is 13.2 Å². The van der Waals surface area contributed by atoms with Crippen LogP contribution in [0.3, 0.4) is 0 Å². The number of likely N-dealkylation sites (tertiary alicyclic amines) is 1. The lowest BCUT2D eigenvalue weighted by atomic mass is 9.82. The lowest BCUT2D eigenvalue weighted by Gasteiger charge is -2.38. The maximum absolute atomic E-state index is 12.9. The summed E-state index contributed by atoms with van der Waals surface area (Å²) in [5.74, 6) is 2.43. The molecule has 2 aromatic carbocycles. The Balaban J connectivity index is 1.77. The Morgan fingerprint density at radius 3 is 2.37 bits per heavy atom. The molecule has 1 fully saturated rings. The van der Waals surface area contributed by atoms with Crippen molar-refractivity contribution < 1.29 is 22.7 Å². The van der Waals surface area contributed by atoms with E-state index in [4.69, 9.17) is 11.2 Å². The zero-order valence-corrected chi connectivity index (χ0v) is 16.8. The van der Waals surface area contributed by atoms with Gasteiger partial charge in [0.05, 0.1) is 12.7 Å². The van der Waals surface area contributed by atoms with Crippen LogP contribution in [0.4, 0.5) is 13.2 Å². The predicted octanol–water partition coefficient (Wildman–Crippen LogP) is 4.86. The number of methoxy groups -OCH3 is 1. The van der Waals surface area contributed by atoms with E-state index in [1.165, 1.54) is 7.11 Å². The van der Waals surface area contributed by atoms with Gasteiger partial charge in [0.1, 0.15) is 0 Å². The first-order valence-corrected chi connectivity index (χ1v) is 9.80. The molecule has 6 heteroatoms. The minimum absolute atomic E-state index is 0.0423. The number of terminal acetylenes is 1. The maximum Gasteiger partial charge on any atom is 0.416 e. The first-order chi connectivity index (χ1) is 14.3. The number of piperidine rings is 1. The molecule has 0 spiro atoms. The third-order valence-electron chi connectivity index (χ3n) is 5.53. The van der Waals surface area contributed by atoms with E-state index in [-0.39, 0.29) is 17.8 Å². The van der Waals surface area contributed by atoms with E-state index in [0.717, 1.165) is 41.8 Å². The van der Waals surface area contributed by atoms with Crippen LogP contribution in [0.15, 0.2) is 48.5 Å². The number of benzene rings is 2. The number of nitrogens with zero attached hydrogens (tertiary/aromatic N) is 1. The van der Waals surface area contributed by atoms with Crippen molar-refractivity contribution in [2.24, 2.45) is 5.92 Å². The van der Waals surface area contributed by atoms with Crippen LogP contribution in [0, 0.1) is 18.3 Å². The summed E-state index contributed by atoms with van der Waals surface area (Å²) in [7, 11) is 1.36. The minimum atomic E-state index is -4.35. The molecule has 0 aromatic heterocycles. The topological polar surface area (TPSA) is 29.5 Å². The molecule has 0 N–H and O–H groups in total. The van der Waals surface area contributed by atoms with E-state index in [9.17, 15) is 18.0 Å². The molecule has 2 atom stereocenters. The van der Waals surface area contributed by atoms with Gasteiger partial charge in [-0.1, -0.05) is 30.2 Å². The van der Waals surface area contributed by atoms with Crippen LogP contribution in [0.2, 0.25) is 0 Å². The second-order valence-electron chi connectivity index (χ2n) is 7.73. The number of esters is 1. The van der Waals surface area contributed by atoms with Crippen LogP contribution in [0.5, 0.6) is 0 Å². The van der Waals surface area contributed by atoms with Gasteiger partial charge in [-0.05, 0) is 53.6 Å². The Morgan fingerprint density at radius 1 is 1.13 bits per heavy atom. The van der Waals surface area contributed by atoms with Gasteiger partial charge in [0.15, 0.2) is 0 Å². The van der Waals surface area contributed by atoms with Crippen LogP contribution in [-0.4, -0.2) is 31.1 Å². The fourth-order valence-corrected chi connectivity index (χ4v) is 4.05. The Kier molecular flexibility index (Phi) is 6.84. The molecule has 0 unspecified atom stereocenters. The van der Waals surface area contributed by atoms with Crippen LogP contribution >= 0.6 is 0 Å². The number of ether oxygens (including phenoxy) is 1. The van der Waals surface area contributed by atoms with Gasteiger partial charge in [-0.15, -0.1) is 6.42 Å². The van der Waals surface area contributed by atoms with E-state index in [1.807, 2.05) is 24.3 Å². The monoisotopic (exact) mass is 415 g/mol. The van der Waals surface area contributed by atoms with Crippen molar-refractivity contribution in [3.05, 3.63) is 70.8 Å². The highest BCUT2D eigenvalue weighted by molar-refractivity contribution is 5.69. The quantitative estimate of drug-likeness (QED) is 0.516. The van der Waals surface area contributed by atoms with E-state index >= 15 is 0 Å². The zero-order valence-electron chi connectivity index (χ0n) is 16.8. The molecule has 0 bridgehead atoms. The van der Waals surface area contributed by atoms with Gasteiger partial charge in [0.2, 0.25) is 0 Å². The molecule has 1 heterocycles. The van der Waals surface area contributed by atoms with E-state index < -0.39 is 11.7 Å². The standard InChI is InChI=1S/C24H24F3NO2/c1-3-17-4-6-18(7-5-17)14-28-15-19(13-23(29)30-2)12-21(16-28)20-8-10-22(11-9-20)24(25,26)27/h1,4-11,19,21H,12-16H2,2H3/t19-,21+/m0/s1. The van der Waals surface area contributed by atoms with E-state index in [1.54, 1.807) is 12.1 Å². The summed E-state index contributed by atoms with van der Waals surface area (Å²) in [6.07, 6.45) is 2.08. The zero-order chi connectivity index (χ0) is 21.7. The first kappa shape index (κ1) is 21.9. The second kappa shape index (κ2) is 9.36. The molecule has 3 rings (SSSR count). The third kappa shape index (κ3) is 5.64. The van der Waals surface area contributed by atoms with Crippen molar-refractivity contribution in [3.63, 3.8) is 0 Å². The Bertz CT molecular complexity index is 898. The molecule has 0 saturated carbocycles. The molecular weight excluding hydrogens is 391 g/mol. The number of hydrogen-bond acceptors (Lipinski definition) is 3. The highest BCUT2D eigenvalue weighted by Gasteiger charge is 2.32. The average Bonchev–Trinajstić information content (AvgIpc) is 2.73. The van der Waals surface area contributed by atoms with Gasteiger partial charge in [-0.25, -0.2) is 0 Å². The maximum atomic E-state index is 12.9. The normalized spacial score (nSPS) is 19.8. The van der Waals surface area contributed by atoms with Gasteiger partial charge in [0.25, 0.3) is 0 Å². The van der Waals surface area contributed by atoms with Crippen LogP contribution < -0.4 is 0 Å². The smallest absolute Gasteiger partial charge is 0.416 e. The molecule has 1 saturated heterocycles. The number of hydrogen-bond donors (Lipinski definition) is 0. The third-order valence-corrected chi connectivity index (χ3v) is 5.53. The van der Waals surface area contributed by atoms with Gasteiger partial charge in [-0.3, -0.25) is 9.69 Å². The summed E-state index contributed by atoms with van der Waals surface area (Å²) in [5, 5.41) is 0. The molecular formula is C24H24F3NO2. The second-order valence-corrected chi connectivity index (χ2v) is 7.73. The fourth-order valence-electron chi connectivity index (χ4n) is 4.05. The van der Waals surface area contributed by atoms with Gasteiger partial charge >= 0.3 is 12.1 Å². The predicted molar refractivity (Wildman–Crippen MR) is 109 cm³/mol. The summed E-state index contributed by atoms with van der Waals surface area (Å²) in [4.78, 5) is 14.1. The van der Waals surface area contributed by atoms with Crippen molar-refractivity contribution in [2.75, 3.05) is 20.2 Å². The van der Waals surface area contributed by atoms with Crippen LogP contribution in [-0.2, 0) is 22.3 Å². The van der Waals surface area contributed by atoms with Crippen LogP contribution in [0.25, 0.3) is 0 Å². The number of rotatable bonds is 5. The summed E-state index contributed by atoms with van der Waals surface area (Å²) in [6.45, 7) is 2.11. The van der Waals surface area contributed by atoms with Crippen LogP contribution in [0.1, 0.15) is 41.0 Å². The Hall–Kier alpha value is -2.78. The highest BCUT2D eigenvalue weighted by atomic mass is 19.4. The van der Waals surface area contributed by atoms with Crippen molar-refractivity contribution in [2.45, 2.75) is 31.5 Å². The van der Waals surface area contributed by atoms with Crippen molar-refractivity contribution in [1.82, 2.24) is 4.90 Å². The Labute approximate surface area is 174 Å².